The second-order valence-corrected chi connectivity index (χ2v) is 3.48. The van der Waals surface area contributed by atoms with E-state index in [4.69, 9.17) is 10.2 Å². The topological polar surface area (TPSA) is 80.7 Å². The van der Waals surface area contributed by atoms with Crippen molar-refractivity contribution in [3.63, 3.8) is 0 Å². The minimum atomic E-state index is 0.407. The summed E-state index contributed by atoms with van der Waals surface area (Å²) in [5.74, 6) is 0.771. The summed E-state index contributed by atoms with van der Waals surface area (Å²) in [4.78, 5) is 11.4. The molecule has 0 aliphatic carbocycles. The molecule has 1 aromatic carbocycles. The highest BCUT2D eigenvalue weighted by Crippen LogP contribution is 2.22. The largest absolute Gasteiger partial charge is 0.443 e. The van der Waals surface area contributed by atoms with Crippen LogP contribution in [0.25, 0.3) is 22.4 Å². The van der Waals surface area contributed by atoms with Crippen LogP contribution >= 0.6 is 0 Å². The van der Waals surface area contributed by atoms with Crippen molar-refractivity contribution in [1.82, 2.24) is 15.0 Å². The van der Waals surface area contributed by atoms with Gasteiger partial charge in [-0.2, -0.15) is 0 Å². The number of hydrogen-bond acceptors (Lipinski definition) is 4. The second kappa shape index (κ2) is 3.46. The number of rotatable bonds is 2. The van der Waals surface area contributed by atoms with Gasteiger partial charge in [0.05, 0.1) is 18.4 Å². The predicted octanol–water partition coefficient (Wildman–Crippen LogP) is 1.68. The van der Waals surface area contributed by atoms with Crippen LogP contribution in [0.15, 0.2) is 35.2 Å². The highest BCUT2D eigenvalue weighted by molar-refractivity contribution is 5.78. The maximum Gasteiger partial charge on any atom is 0.181 e. The molecule has 0 aliphatic heterocycles. The van der Waals surface area contributed by atoms with Gasteiger partial charge in [-0.25, -0.2) is 9.97 Å². The Balaban J connectivity index is 2.10. The number of imidazole rings is 1. The van der Waals surface area contributed by atoms with Crippen LogP contribution in [0.1, 0.15) is 5.82 Å². The van der Waals surface area contributed by atoms with Crippen molar-refractivity contribution >= 4 is 11.1 Å². The minimum Gasteiger partial charge on any atom is -0.443 e. The van der Waals surface area contributed by atoms with E-state index in [1.165, 1.54) is 6.39 Å². The fourth-order valence-electron chi connectivity index (χ4n) is 1.64. The summed E-state index contributed by atoms with van der Waals surface area (Å²) in [6, 6.07) is 5.81. The first-order valence-corrected chi connectivity index (χ1v) is 4.94. The Labute approximate surface area is 91.3 Å². The van der Waals surface area contributed by atoms with Crippen LogP contribution in [0.4, 0.5) is 0 Å². The highest BCUT2D eigenvalue weighted by Gasteiger charge is 2.05. The molecule has 0 fully saturated rings. The Morgan fingerprint density at radius 2 is 2.25 bits per heavy atom. The normalized spacial score (nSPS) is 11.1. The van der Waals surface area contributed by atoms with E-state index < -0.39 is 0 Å². The summed E-state index contributed by atoms with van der Waals surface area (Å²) in [6.07, 6.45) is 3.20. The molecular weight excluding hydrogens is 204 g/mol. The molecule has 0 saturated heterocycles. The quantitative estimate of drug-likeness (QED) is 0.680. The Morgan fingerprint density at radius 1 is 1.31 bits per heavy atom. The molecule has 0 amide bonds. The van der Waals surface area contributed by atoms with Gasteiger partial charge >= 0.3 is 0 Å². The molecule has 0 atom stereocenters. The Morgan fingerprint density at radius 3 is 3.06 bits per heavy atom. The van der Waals surface area contributed by atoms with Gasteiger partial charge in [-0.05, 0) is 12.1 Å². The second-order valence-electron chi connectivity index (χ2n) is 3.48. The number of hydrogen-bond donors (Lipinski definition) is 2. The van der Waals surface area contributed by atoms with Crippen LogP contribution in [0.2, 0.25) is 0 Å². The van der Waals surface area contributed by atoms with Crippen LogP contribution in [-0.2, 0) is 6.54 Å². The van der Waals surface area contributed by atoms with Crippen molar-refractivity contribution in [3.8, 4) is 11.3 Å². The van der Waals surface area contributed by atoms with E-state index in [9.17, 15) is 0 Å². The van der Waals surface area contributed by atoms with Crippen LogP contribution in [0.3, 0.4) is 0 Å². The lowest BCUT2D eigenvalue weighted by Gasteiger charge is -1.96. The van der Waals surface area contributed by atoms with Crippen molar-refractivity contribution in [2.75, 3.05) is 0 Å². The molecule has 3 rings (SSSR count). The highest BCUT2D eigenvalue weighted by atomic mass is 16.3. The number of benzene rings is 1. The van der Waals surface area contributed by atoms with E-state index in [0.29, 0.717) is 6.54 Å². The van der Waals surface area contributed by atoms with Gasteiger partial charge in [-0.15, -0.1) is 0 Å². The van der Waals surface area contributed by atoms with Crippen LogP contribution in [0, 0.1) is 0 Å². The number of nitrogens with one attached hydrogen (secondary N) is 1. The number of fused-ring (bicyclic) bond motifs is 1. The Hall–Kier alpha value is -2.14. The Kier molecular flexibility index (Phi) is 1.97. The number of nitrogens with zero attached hydrogens (tertiary/aromatic N) is 2. The third-order valence-corrected chi connectivity index (χ3v) is 2.46. The van der Waals surface area contributed by atoms with Crippen LogP contribution in [0.5, 0.6) is 0 Å². The molecular formula is C11H10N4O. The maximum absolute atomic E-state index is 5.49. The van der Waals surface area contributed by atoms with E-state index in [-0.39, 0.29) is 0 Å². The lowest BCUT2D eigenvalue weighted by atomic mass is 10.1. The molecule has 2 aromatic heterocycles. The molecule has 3 aromatic rings. The lowest BCUT2D eigenvalue weighted by molar-refractivity contribution is 0.602. The zero-order chi connectivity index (χ0) is 11.0. The fraction of sp³-hybridized carbons (Fsp3) is 0.0909. The summed E-state index contributed by atoms with van der Waals surface area (Å²) in [6.45, 7) is 0.407. The lowest BCUT2D eigenvalue weighted by Crippen LogP contribution is -1.97. The van der Waals surface area contributed by atoms with Crippen LogP contribution in [-0.4, -0.2) is 15.0 Å². The Bertz CT molecular complexity index is 625. The average molecular weight is 214 g/mol. The molecule has 2 heterocycles. The maximum atomic E-state index is 5.49. The number of oxazole rings is 1. The van der Waals surface area contributed by atoms with Crippen molar-refractivity contribution in [2.45, 2.75) is 6.54 Å². The molecule has 3 N–H and O–H groups in total. The summed E-state index contributed by atoms with van der Waals surface area (Å²) >= 11 is 0. The fourth-order valence-corrected chi connectivity index (χ4v) is 1.64. The third kappa shape index (κ3) is 1.38. The molecule has 0 spiro atoms. The summed E-state index contributed by atoms with van der Waals surface area (Å²) in [7, 11) is 0. The van der Waals surface area contributed by atoms with Gasteiger partial charge in [-0.1, -0.05) is 6.07 Å². The van der Waals surface area contributed by atoms with Crippen molar-refractivity contribution in [1.29, 1.82) is 0 Å². The molecule has 0 bridgehead atoms. The molecule has 0 saturated carbocycles. The van der Waals surface area contributed by atoms with Gasteiger partial charge < -0.3 is 15.1 Å². The molecule has 0 unspecified atom stereocenters. The number of aromatic nitrogens is 3. The van der Waals surface area contributed by atoms with E-state index in [0.717, 1.165) is 28.2 Å². The standard InChI is InChI=1S/C11H10N4O/c12-4-11-13-5-9(15-11)7-1-2-8-10(3-7)16-6-14-8/h1-3,5-6H,4,12H2,(H,13,15). The molecule has 80 valence electrons. The first kappa shape index (κ1) is 9.11. The van der Waals surface area contributed by atoms with Crippen molar-refractivity contribution < 1.29 is 4.42 Å². The van der Waals surface area contributed by atoms with E-state index in [1.54, 1.807) is 6.20 Å². The number of H-pyrrole nitrogens is 1. The summed E-state index contributed by atoms with van der Waals surface area (Å²) in [5, 5.41) is 0. The smallest absolute Gasteiger partial charge is 0.181 e. The van der Waals surface area contributed by atoms with Crippen molar-refractivity contribution in [3.05, 3.63) is 36.6 Å². The van der Waals surface area contributed by atoms with Gasteiger partial charge in [0.1, 0.15) is 11.3 Å². The van der Waals surface area contributed by atoms with Gasteiger partial charge in [-0.3, -0.25) is 0 Å². The minimum absolute atomic E-state index is 0.407. The summed E-state index contributed by atoms with van der Waals surface area (Å²) < 4.78 is 5.24. The summed E-state index contributed by atoms with van der Waals surface area (Å²) in [5.41, 5.74) is 9.05. The molecule has 0 radical (unpaired) electrons. The predicted molar refractivity (Wildman–Crippen MR) is 59.5 cm³/mol. The van der Waals surface area contributed by atoms with E-state index in [1.807, 2.05) is 18.2 Å². The molecule has 5 nitrogen and oxygen atoms in total. The van der Waals surface area contributed by atoms with Gasteiger partial charge in [0.15, 0.2) is 12.0 Å². The molecule has 0 aliphatic rings. The number of aromatic amines is 1. The SMILES string of the molecule is NCc1ncc(-c2ccc3ncoc3c2)[nH]1. The van der Waals surface area contributed by atoms with E-state index in [2.05, 4.69) is 15.0 Å². The molecule has 5 heteroatoms. The third-order valence-electron chi connectivity index (χ3n) is 2.46. The number of nitrogens with two attached hydrogens (primary N) is 1. The van der Waals surface area contributed by atoms with E-state index >= 15 is 0 Å². The van der Waals surface area contributed by atoms with Crippen LogP contribution < -0.4 is 5.73 Å². The molecule has 16 heavy (non-hydrogen) atoms. The van der Waals surface area contributed by atoms with Gasteiger partial charge in [0.25, 0.3) is 0 Å². The average Bonchev–Trinajstić information content (AvgIpc) is 2.96. The van der Waals surface area contributed by atoms with Gasteiger partial charge in [0.2, 0.25) is 0 Å². The van der Waals surface area contributed by atoms with Crippen molar-refractivity contribution in [2.24, 2.45) is 5.73 Å². The zero-order valence-corrected chi connectivity index (χ0v) is 8.47. The monoisotopic (exact) mass is 214 g/mol. The first-order valence-electron chi connectivity index (χ1n) is 4.94. The first-order chi connectivity index (χ1) is 7.86. The zero-order valence-electron chi connectivity index (χ0n) is 8.47. The van der Waals surface area contributed by atoms with Gasteiger partial charge in [0, 0.05) is 5.56 Å².